The van der Waals surface area contributed by atoms with Crippen molar-refractivity contribution in [2.45, 2.75) is 51.0 Å². The number of hydrogen-bond donors (Lipinski definition) is 2. The first-order valence-electron chi connectivity index (χ1n) is 11.2. The van der Waals surface area contributed by atoms with Gasteiger partial charge in [-0.1, -0.05) is 62.6 Å². The first kappa shape index (κ1) is 27.0. The predicted octanol–water partition coefficient (Wildman–Crippen LogP) is 7.31. The zero-order valence-electron chi connectivity index (χ0n) is 19.3. The van der Waals surface area contributed by atoms with E-state index in [1.807, 2.05) is 30.3 Å². The fourth-order valence-corrected chi connectivity index (χ4v) is 3.35. The highest BCUT2D eigenvalue weighted by Gasteiger charge is 2.31. The number of unbranched alkanes of at least 4 members (excludes halogenated alkanes) is 2. The fourth-order valence-electron chi connectivity index (χ4n) is 3.35. The summed E-state index contributed by atoms with van der Waals surface area (Å²) in [5, 5.41) is 5.71. The van der Waals surface area contributed by atoms with Gasteiger partial charge in [0.15, 0.2) is 6.61 Å². The van der Waals surface area contributed by atoms with Gasteiger partial charge in [-0.3, -0.25) is 0 Å². The van der Waals surface area contributed by atoms with Gasteiger partial charge in [-0.25, -0.2) is 0 Å². The Morgan fingerprint density at radius 3 is 2.25 bits per heavy atom. The maximum absolute atomic E-state index is 13.1. The molecule has 0 spiro atoms. The Kier molecular flexibility index (Phi) is 8.94. The summed E-state index contributed by atoms with van der Waals surface area (Å²) in [7, 11) is 0. The lowest BCUT2D eigenvalue weighted by Crippen LogP contribution is -2.21. The zero-order chi connectivity index (χ0) is 26.2. The number of nitrogens with zero attached hydrogens (tertiary/aromatic N) is 3. The minimum atomic E-state index is -4.64. The molecule has 3 rings (SSSR count). The molecule has 6 nitrogen and oxygen atoms in total. The van der Waals surface area contributed by atoms with Crippen molar-refractivity contribution in [2.75, 3.05) is 17.2 Å². The molecule has 2 aromatic carbocycles. The molecule has 194 valence electrons. The molecule has 1 atom stereocenters. The van der Waals surface area contributed by atoms with E-state index in [4.69, 9.17) is 4.74 Å². The molecule has 1 aromatic heterocycles. The SMILES string of the molecule is CCCCCC(Nc1nc(Nc2cccc(C(F)(F)F)c2)nc(OCC(F)(F)F)n1)c1ccccc1. The molecule has 12 heteroatoms. The van der Waals surface area contributed by atoms with Gasteiger partial charge >= 0.3 is 18.4 Å². The summed E-state index contributed by atoms with van der Waals surface area (Å²) in [6, 6.07) is 12.7. The van der Waals surface area contributed by atoms with E-state index in [0.717, 1.165) is 37.0 Å². The molecular weight excluding hydrogens is 488 g/mol. The van der Waals surface area contributed by atoms with Gasteiger partial charge in [0, 0.05) is 5.69 Å². The van der Waals surface area contributed by atoms with Gasteiger partial charge in [-0.2, -0.15) is 41.3 Å². The smallest absolute Gasteiger partial charge is 0.422 e. The predicted molar refractivity (Wildman–Crippen MR) is 123 cm³/mol. The number of nitrogens with one attached hydrogen (secondary N) is 2. The number of anilines is 3. The summed E-state index contributed by atoms with van der Waals surface area (Å²) in [6.07, 6.45) is -5.68. The highest BCUT2D eigenvalue weighted by molar-refractivity contribution is 5.56. The average molecular weight is 513 g/mol. The van der Waals surface area contributed by atoms with Crippen LogP contribution in [0.5, 0.6) is 6.01 Å². The maximum Gasteiger partial charge on any atom is 0.422 e. The summed E-state index contributed by atoms with van der Waals surface area (Å²) in [5.74, 6) is -0.355. The molecule has 3 aromatic rings. The quantitative estimate of drug-likeness (QED) is 0.207. The van der Waals surface area contributed by atoms with Gasteiger partial charge in [0.1, 0.15) is 0 Å². The largest absolute Gasteiger partial charge is 0.454 e. The van der Waals surface area contributed by atoms with Gasteiger partial charge in [0.05, 0.1) is 11.6 Å². The van der Waals surface area contributed by atoms with Crippen molar-refractivity contribution in [3.63, 3.8) is 0 Å². The van der Waals surface area contributed by atoms with Crippen LogP contribution in [-0.4, -0.2) is 27.7 Å². The number of aromatic nitrogens is 3. The molecule has 0 aliphatic heterocycles. The van der Waals surface area contributed by atoms with Crippen molar-refractivity contribution in [3.8, 4) is 6.01 Å². The summed E-state index contributed by atoms with van der Waals surface area (Å²) in [6.45, 7) is 0.422. The molecule has 0 aliphatic rings. The van der Waals surface area contributed by atoms with E-state index in [0.29, 0.717) is 6.42 Å². The van der Waals surface area contributed by atoms with Crippen LogP contribution in [0.3, 0.4) is 0 Å². The van der Waals surface area contributed by atoms with Crippen LogP contribution in [-0.2, 0) is 6.18 Å². The third-order valence-electron chi connectivity index (χ3n) is 5.03. The van der Waals surface area contributed by atoms with Gasteiger partial charge in [0.2, 0.25) is 11.9 Å². The first-order valence-corrected chi connectivity index (χ1v) is 11.2. The van der Waals surface area contributed by atoms with Crippen molar-refractivity contribution in [1.82, 2.24) is 15.0 Å². The van der Waals surface area contributed by atoms with E-state index in [1.165, 1.54) is 12.1 Å². The third-order valence-corrected chi connectivity index (χ3v) is 5.03. The molecular formula is C24H25F6N5O. The molecule has 0 saturated heterocycles. The van der Waals surface area contributed by atoms with E-state index in [-0.39, 0.29) is 23.6 Å². The topological polar surface area (TPSA) is 72.0 Å². The molecule has 2 N–H and O–H groups in total. The van der Waals surface area contributed by atoms with Crippen LogP contribution >= 0.6 is 0 Å². The normalized spacial score (nSPS) is 12.8. The molecule has 0 aliphatic carbocycles. The van der Waals surface area contributed by atoms with Crippen LogP contribution in [0.25, 0.3) is 0 Å². The molecule has 36 heavy (non-hydrogen) atoms. The first-order chi connectivity index (χ1) is 17.0. The maximum atomic E-state index is 13.1. The summed E-state index contributed by atoms with van der Waals surface area (Å²) < 4.78 is 82.1. The standard InChI is InChI=1S/C24H25F6N5O/c1-2-3-5-13-19(16-9-6-4-7-10-16)32-21-33-20(34-22(35-21)36-15-23(25,26)27)31-18-12-8-11-17(14-18)24(28,29)30/h4,6-12,14,19H,2-3,5,13,15H2,1H3,(H2,31,32,33,34,35). The number of alkyl halides is 6. The van der Waals surface area contributed by atoms with Gasteiger partial charge < -0.3 is 15.4 Å². The number of hydrogen-bond acceptors (Lipinski definition) is 6. The van der Waals surface area contributed by atoms with Crippen LogP contribution in [0.1, 0.15) is 49.8 Å². The van der Waals surface area contributed by atoms with Crippen molar-refractivity contribution >= 4 is 17.6 Å². The number of benzene rings is 2. The second kappa shape index (κ2) is 11.9. The number of ether oxygens (including phenoxy) is 1. The molecule has 0 bridgehead atoms. The Hall–Kier alpha value is -3.57. The molecule has 0 saturated carbocycles. The highest BCUT2D eigenvalue weighted by atomic mass is 19.4. The van der Waals surface area contributed by atoms with Crippen LogP contribution in [0, 0.1) is 0 Å². The summed E-state index contributed by atoms with van der Waals surface area (Å²) in [4.78, 5) is 11.9. The van der Waals surface area contributed by atoms with Gasteiger partial charge in [-0.15, -0.1) is 0 Å². The van der Waals surface area contributed by atoms with Gasteiger partial charge in [-0.05, 0) is 30.2 Å². The van der Waals surface area contributed by atoms with E-state index < -0.39 is 30.5 Å². The fraction of sp³-hybridized carbons (Fsp3) is 0.375. The summed E-state index contributed by atoms with van der Waals surface area (Å²) in [5.41, 5.74) is -0.000945. The van der Waals surface area contributed by atoms with Gasteiger partial charge in [0.25, 0.3) is 0 Å². The van der Waals surface area contributed by atoms with E-state index >= 15 is 0 Å². The van der Waals surface area contributed by atoms with E-state index in [1.54, 1.807) is 0 Å². The molecule has 0 amide bonds. The second-order valence-electron chi connectivity index (χ2n) is 7.98. The molecule has 1 heterocycles. The third kappa shape index (κ3) is 8.58. The van der Waals surface area contributed by atoms with Crippen molar-refractivity contribution in [2.24, 2.45) is 0 Å². The van der Waals surface area contributed by atoms with E-state index in [9.17, 15) is 26.3 Å². The Morgan fingerprint density at radius 1 is 0.861 bits per heavy atom. The van der Waals surface area contributed by atoms with Crippen LogP contribution in [0.2, 0.25) is 0 Å². The summed E-state index contributed by atoms with van der Waals surface area (Å²) >= 11 is 0. The molecule has 0 radical (unpaired) electrons. The lowest BCUT2D eigenvalue weighted by molar-refractivity contribution is -0.154. The van der Waals surface area contributed by atoms with Crippen LogP contribution in [0.4, 0.5) is 43.9 Å². The zero-order valence-corrected chi connectivity index (χ0v) is 19.3. The monoisotopic (exact) mass is 513 g/mol. The molecule has 1 unspecified atom stereocenters. The minimum absolute atomic E-state index is 0.00805. The minimum Gasteiger partial charge on any atom is -0.454 e. The Labute approximate surface area is 204 Å². The number of rotatable bonds is 11. The highest BCUT2D eigenvalue weighted by Crippen LogP contribution is 2.31. The Morgan fingerprint density at radius 2 is 1.58 bits per heavy atom. The Bertz CT molecular complexity index is 1110. The number of halogens is 6. The second-order valence-corrected chi connectivity index (χ2v) is 7.98. The van der Waals surface area contributed by atoms with Crippen molar-refractivity contribution < 1.29 is 31.1 Å². The van der Waals surface area contributed by atoms with Crippen molar-refractivity contribution in [3.05, 3.63) is 65.7 Å². The van der Waals surface area contributed by atoms with E-state index in [2.05, 4.69) is 32.5 Å². The molecule has 0 fully saturated rings. The van der Waals surface area contributed by atoms with Crippen LogP contribution < -0.4 is 15.4 Å². The Balaban J connectivity index is 1.91. The van der Waals surface area contributed by atoms with Crippen molar-refractivity contribution in [1.29, 1.82) is 0 Å². The lowest BCUT2D eigenvalue weighted by Gasteiger charge is -2.20. The average Bonchev–Trinajstić information content (AvgIpc) is 2.82. The lowest BCUT2D eigenvalue weighted by atomic mass is 10.0. The van der Waals surface area contributed by atoms with Crippen LogP contribution in [0.15, 0.2) is 54.6 Å².